The number of rotatable bonds is 11. The third-order valence-electron chi connectivity index (χ3n) is 4.22. The van der Waals surface area contributed by atoms with Gasteiger partial charge in [-0.3, -0.25) is 9.59 Å². The van der Waals surface area contributed by atoms with Crippen LogP contribution in [-0.4, -0.2) is 76.0 Å². The summed E-state index contributed by atoms with van der Waals surface area (Å²) >= 11 is 0. The maximum absolute atomic E-state index is 12.4. The number of hydrogen-bond donors (Lipinski definition) is 2. The van der Waals surface area contributed by atoms with Crippen LogP contribution < -0.4 is 10.5 Å². The second-order valence-electron chi connectivity index (χ2n) is 6.24. The van der Waals surface area contributed by atoms with Crippen LogP contribution in [0.4, 0.5) is 0 Å². The van der Waals surface area contributed by atoms with E-state index in [1.807, 2.05) is 0 Å². The summed E-state index contributed by atoms with van der Waals surface area (Å²) in [5.74, 6) is -2.70. The minimum atomic E-state index is -4.31. The van der Waals surface area contributed by atoms with Gasteiger partial charge in [-0.25, -0.2) is 12.7 Å². The van der Waals surface area contributed by atoms with Gasteiger partial charge in [0.05, 0.1) is 7.11 Å². The van der Waals surface area contributed by atoms with Crippen LogP contribution in [0.15, 0.2) is 0 Å². The number of nitrogens with zero attached hydrogens (tertiary/aromatic N) is 2. The van der Waals surface area contributed by atoms with E-state index in [0.29, 0.717) is 30.1 Å². The van der Waals surface area contributed by atoms with Crippen molar-refractivity contribution in [3.63, 3.8) is 0 Å². The molecule has 1 aliphatic heterocycles. The van der Waals surface area contributed by atoms with Gasteiger partial charge in [0.2, 0.25) is 10.0 Å². The molecule has 1 aliphatic rings. The predicted molar refractivity (Wildman–Crippen MR) is 97.9 cm³/mol. The van der Waals surface area contributed by atoms with Gasteiger partial charge < -0.3 is 10.5 Å². The lowest BCUT2D eigenvalue weighted by Gasteiger charge is -2.20. The van der Waals surface area contributed by atoms with Gasteiger partial charge in [-0.15, -0.1) is 0 Å². The number of ether oxygens (including phenoxy) is 1. The first-order chi connectivity index (χ1) is 12.5. The number of methoxy groups -OCH3 is 1. The number of esters is 1. The zero-order chi connectivity index (χ0) is 20.8. The predicted octanol–water partition coefficient (Wildman–Crippen LogP) is -1.28. The normalized spacial score (nSPS) is 21.4. The van der Waals surface area contributed by atoms with Crippen LogP contribution in [0.25, 0.3) is 0 Å². The van der Waals surface area contributed by atoms with Crippen LogP contribution in [0, 0.1) is 0 Å². The van der Waals surface area contributed by atoms with E-state index in [-0.39, 0.29) is 12.8 Å². The van der Waals surface area contributed by atoms with Crippen molar-refractivity contribution >= 4 is 32.1 Å². The van der Waals surface area contributed by atoms with Crippen LogP contribution in [0.3, 0.4) is 0 Å². The zero-order valence-corrected chi connectivity index (χ0v) is 17.4. The molecule has 0 spiro atoms. The largest absolute Gasteiger partial charge is 0.468 e. The summed E-state index contributed by atoms with van der Waals surface area (Å²) in [5, 5.41) is 0. The maximum atomic E-state index is 12.4. The van der Waals surface area contributed by atoms with Crippen LogP contribution in [0.2, 0.25) is 0 Å². The van der Waals surface area contributed by atoms with Gasteiger partial charge in [0.25, 0.3) is 5.91 Å². The van der Waals surface area contributed by atoms with E-state index in [2.05, 4.69) is 9.46 Å². The minimum absolute atomic E-state index is 0.141. The standard InChI is InChI=1S/C14H28N4O7S2/c1-4-7-12-13(19)18(27(23,24)17(12)2)10-26(21,22)16-11(14(20)25-3)8-5-6-9-15/h11-12,16H,4-10,15H2,1-3H3/t11-,12?/m0/s1. The van der Waals surface area contributed by atoms with Gasteiger partial charge in [-0.1, -0.05) is 19.8 Å². The highest BCUT2D eigenvalue weighted by Gasteiger charge is 2.49. The summed E-state index contributed by atoms with van der Waals surface area (Å²) < 4.78 is 57.5. The minimum Gasteiger partial charge on any atom is -0.468 e. The molecule has 0 aromatic carbocycles. The molecule has 11 nitrogen and oxygen atoms in total. The summed E-state index contributed by atoms with van der Waals surface area (Å²) in [6, 6.07) is -2.12. The molecule has 158 valence electrons. The highest BCUT2D eigenvalue weighted by atomic mass is 32.2. The van der Waals surface area contributed by atoms with E-state index in [4.69, 9.17) is 5.73 Å². The molecule has 1 unspecified atom stereocenters. The molecule has 2 atom stereocenters. The molecule has 27 heavy (non-hydrogen) atoms. The second-order valence-corrected chi connectivity index (χ2v) is 9.87. The molecule has 1 amide bonds. The van der Waals surface area contributed by atoms with E-state index >= 15 is 0 Å². The first-order valence-corrected chi connectivity index (χ1v) is 11.6. The number of sulfonamides is 1. The van der Waals surface area contributed by atoms with Crippen LogP contribution in [0.5, 0.6) is 0 Å². The summed E-state index contributed by atoms with van der Waals surface area (Å²) in [7, 11) is -6.19. The van der Waals surface area contributed by atoms with Crippen molar-refractivity contribution in [2.45, 2.75) is 51.1 Å². The molecule has 0 bridgehead atoms. The Kier molecular flexibility index (Phi) is 8.60. The first kappa shape index (κ1) is 23.8. The smallest absolute Gasteiger partial charge is 0.323 e. The molecule has 0 saturated carbocycles. The SMILES string of the molecule is CCCC1C(=O)N(CS(=O)(=O)N[C@@H](CCCCN)C(=O)OC)S(=O)(=O)N1C. The van der Waals surface area contributed by atoms with Gasteiger partial charge in [-0.2, -0.15) is 17.4 Å². The zero-order valence-electron chi connectivity index (χ0n) is 15.8. The van der Waals surface area contributed by atoms with Crippen LogP contribution in [-0.2, 0) is 34.6 Å². The van der Waals surface area contributed by atoms with E-state index in [9.17, 15) is 26.4 Å². The molecular formula is C14H28N4O7S2. The van der Waals surface area contributed by atoms with Crippen molar-refractivity contribution in [3.05, 3.63) is 0 Å². The average molecular weight is 429 g/mol. The summed E-state index contributed by atoms with van der Waals surface area (Å²) in [6.07, 6.45) is 2.03. The van der Waals surface area contributed by atoms with Crippen molar-refractivity contribution in [1.29, 1.82) is 0 Å². The van der Waals surface area contributed by atoms with Gasteiger partial charge in [0.1, 0.15) is 12.1 Å². The number of amides is 1. The molecule has 1 fully saturated rings. The highest BCUT2D eigenvalue weighted by Crippen LogP contribution is 2.25. The van der Waals surface area contributed by atoms with Crippen molar-refractivity contribution in [3.8, 4) is 0 Å². The second kappa shape index (κ2) is 9.78. The Bertz CT molecular complexity index is 739. The Morgan fingerprint density at radius 1 is 1.37 bits per heavy atom. The molecule has 1 saturated heterocycles. The Hall–Kier alpha value is -1.28. The Labute approximate surface area is 160 Å². The van der Waals surface area contributed by atoms with Gasteiger partial charge >= 0.3 is 16.2 Å². The Morgan fingerprint density at radius 2 is 2.00 bits per heavy atom. The molecule has 0 aromatic heterocycles. The third kappa shape index (κ3) is 5.85. The summed E-state index contributed by atoms with van der Waals surface area (Å²) in [6.45, 7) is 2.17. The number of carbonyl (C=O) groups is 2. The molecular weight excluding hydrogens is 400 g/mol. The monoisotopic (exact) mass is 428 g/mol. The van der Waals surface area contributed by atoms with E-state index < -0.39 is 50.1 Å². The molecule has 13 heteroatoms. The lowest BCUT2D eigenvalue weighted by Crippen LogP contribution is -2.47. The van der Waals surface area contributed by atoms with Crippen molar-refractivity contribution in [1.82, 2.24) is 13.3 Å². The van der Waals surface area contributed by atoms with Crippen LogP contribution >= 0.6 is 0 Å². The topological polar surface area (TPSA) is 156 Å². The molecule has 0 aliphatic carbocycles. The first-order valence-electron chi connectivity index (χ1n) is 8.59. The molecule has 1 heterocycles. The lowest BCUT2D eigenvalue weighted by atomic mass is 10.1. The fourth-order valence-electron chi connectivity index (χ4n) is 2.73. The van der Waals surface area contributed by atoms with E-state index in [1.165, 1.54) is 7.05 Å². The number of carbonyl (C=O) groups excluding carboxylic acids is 2. The number of likely N-dealkylation sites (N-methyl/N-ethyl adjacent to an activating group) is 1. The third-order valence-corrected chi connectivity index (χ3v) is 7.47. The molecule has 0 aromatic rings. The van der Waals surface area contributed by atoms with Gasteiger partial charge in [-0.05, 0) is 25.8 Å². The van der Waals surface area contributed by atoms with Gasteiger partial charge in [0, 0.05) is 7.05 Å². The Morgan fingerprint density at radius 3 is 2.52 bits per heavy atom. The maximum Gasteiger partial charge on any atom is 0.323 e. The molecule has 3 N–H and O–H groups in total. The number of nitrogens with two attached hydrogens (primary N) is 1. The number of hydrogen-bond acceptors (Lipinski definition) is 8. The molecule has 1 rings (SSSR count). The fourth-order valence-corrected chi connectivity index (χ4v) is 6.01. The van der Waals surface area contributed by atoms with Crippen molar-refractivity contribution in [2.24, 2.45) is 5.73 Å². The summed E-state index contributed by atoms with van der Waals surface area (Å²) in [4.78, 5) is 24.2. The number of nitrogens with one attached hydrogen (secondary N) is 1. The van der Waals surface area contributed by atoms with Crippen molar-refractivity contribution in [2.75, 3.05) is 26.6 Å². The highest BCUT2D eigenvalue weighted by molar-refractivity contribution is 7.92. The molecule has 0 radical (unpaired) electrons. The van der Waals surface area contributed by atoms with Crippen LogP contribution in [0.1, 0.15) is 39.0 Å². The Balaban J connectivity index is 2.97. The number of unbranched alkanes of at least 4 members (excludes halogenated alkanes) is 1. The lowest BCUT2D eigenvalue weighted by molar-refractivity contribution is -0.142. The van der Waals surface area contributed by atoms with E-state index in [0.717, 1.165) is 11.4 Å². The fraction of sp³-hybridized carbons (Fsp3) is 0.857. The van der Waals surface area contributed by atoms with Crippen molar-refractivity contribution < 1.29 is 31.2 Å². The summed E-state index contributed by atoms with van der Waals surface area (Å²) in [5.41, 5.74) is 5.38. The van der Waals surface area contributed by atoms with E-state index in [1.54, 1.807) is 6.92 Å². The quantitative estimate of drug-likeness (QED) is 0.304. The average Bonchev–Trinajstić information content (AvgIpc) is 2.75. The van der Waals surface area contributed by atoms with Gasteiger partial charge in [0.15, 0.2) is 5.88 Å².